The Labute approximate surface area is 145 Å². The van der Waals surface area contributed by atoms with Gasteiger partial charge in [-0.3, -0.25) is 4.79 Å². The van der Waals surface area contributed by atoms with E-state index in [4.69, 9.17) is 0 Å². The first-order valence-corrected chi connectivity index (χ1v) is 8.40. The summed E-state index contributed by atoms with van der Waals surface area (Å²) in [5, 5.41) is 3.44. The van der Waals surface area contributed by atoms with Crippen molar-refractivity contribution in [2.45, 2.75) is 32.7 Å². The number of carbonyl (C=O) groups excluding carboxylic acids is 1. The number of rotatable bonds is 2. The quantitative estimate of drug-likeness (QED) is 0.900. The highest BCUT2D eigenvalue weighted by Crippen LogP contribution is 2.31. The second-order valence-electron chi connectivity index (χ2n) is 7.13. The van der Waals surface area contributed by atoms with E-state index in [1.807, 2.05) is 11.0 Å². The highest BCUT2D eigenvalue weighted by molar-refractivity contribution is 5.85. The second-order valence-corrected chi connectivity index (χ2v) is 7.13. The largest absolute Gasteiger partial charge is 0.368 e. The Hall–Kier alpha value is -1.26. The van der Waals surface area contributed by atoms with Crippen LogP contribution in [0.3, 0.4) is 0 Å². The van der Waals surface area contributed by atoms with Crippen LogP contribution in [0.1, 0.15) is 26.7 Å². The number of nitrogens with zero attached hydrogens (tertiary/aromatic N) is 2. The number of halogens is 1. The Balaban J connectivity index is 0.00000192. The lowest BCUT2D eigenvalue weighted by atomic mass is 9.77. The van der Waals surface area contributed by atoms with E-state index in [1.165, 1.54) is 12.1 Å². The molecule has 5 heteroatoms. The van der Waals surface area contributed by atoms with E-state index in [9.17, 15) is 4.79 Å². The number of piperazine rings is 1. The molecular weight excluding hydrogens is 310 g/mol. The lowest BCUT2D eigenvalue weighted by Gasteiger charge is -2.43. The molecule has 1 atom stereocenters. The number of nitrogens with one attached hydrogen (secondary N) is 1. The fraction of sp³-hybridized carbons (Fsp3) is 0.611. The van der Waals surface area contributed by atoms with E-state index in [0.29, 0.717) is 0 Å². The van der Waals surface area contributed by atoms with Crippen molar-refractivity contribution in [1.29, 1.82) is 0 Å². The van der Waals surface area contributed by atoms with Crippen LogP contribution in [-0.2, 0) is 4.79 Å². The molecule has 0 radical (unpaired) electrons. The molecule has 2 fully saturated rings. The van der Waals surface area contributed by atoms with Crippen LogP contribution in [0.4, 0.5) is 5.69 Å². The lowest BCUT2D eigenvalue weighted by Crippen LogP contribution is -2.59. The van der Waals surface area contributed by atoms with Crippen LogP contribution in [0.15, 0.2) is 30.3 Å². The first-order valence-electron chi connectivity index (χ1n) is 8.40. The van der Waals surface area contributed by atoms with Crippen LogP contribution in [0.5, 0.6) is 0 Å². The van der Waals surface area contributed by atoms with Crippen molar-refractivity contribution in [1.82, 2.24) is 10.2 Å². The van der Waals surface area contributed by atoms with Crippen molar-refractivity contribution in [3.8, 4) is 0 Å². The van der Waals surface area contributed by atoms with Gasteiger partial charge in [0.05, 0.1) is 6.04 Å². The number of anilines is 1. The minimum Gasteiger partial charge on any atom is -0.368 e. The van der Waals surface area contributed by atoms with Crippen LogP contribution >= 0.6 is 12.4 Å². The van der Waals surface area contributed by atoms with Gasteiger partial charge in [-0.15, -0.1) is 12.4 Å². The SMILES string of the molecule is CC1(C)CCCNC1C(=O)N1CCN(c2ccccc2)CC1.Cl. The Morgan fingerprint density at radius 2 is 1.78 bits per heavy atom. The average molecular weight is 338 g/mol. The highest BCUT2D eigenvalue weighted by atomic mass is 35.5. The summed E-state index contributed by atoms with van der Waals surface area (Å²) < 4.78 is 0. The van der Waals surface area contributed by atoms with Gasteiger partial charge in [-0.2, -0.15) is 0 Å². The molecule has 2 saturated heterocycles. The maximum Gasteiger partial charge on any atom is 0.240 e. The third-order valence-corrected chi connectivity index (χ3v) is 5.09. The van der Waals surface area contributed by atoms with Gasteiger partial charge in [-0.1, -0.05) is 32.0 Å². The Morgan fingerprint density at radius 3 is 2.39 bits per heavy atom. The fourth-order valence-electron chi connectivity index (χ4n) is 3.64. The number of hydrogen-bond donors (Lipinski definition) is 1. The summed E-state index contributed by atoms with van der Waals surface area (Å²) >= 11 is 0. The maximum atomic E-state index is 12.9. The van der Waals surface area contributed by atoms with Crippen LogP contribution in [0.2, 0.25) is 0 Å². The first kappa shape index (κ1) is 18.1. The fourth-order valence-corrected chi connectivity index (χ4v) is 3.64. The Bertz CT molecular complexity index is 512. The molecule has 2 aliphatic heterocycles. The van der Waals surface area contributed by atoms with Crippen LogP contribution < -0.4 is 10.2 Å². The second kappa shape index (κ2) is 7.54. The van der Waals surface area contributed by atoms with E-state index in [-0.39, 0.29) is 29.8 Å². The number of benzene rings is 1. The molecule has 0 spiro atoms. The van der Waals surface area contributed by atoms with Crippen LogP contribution in [-0.4, -0.2) is 49.6 Å². The number of amides is 1. The third kappa shape index (κ3) is 3.99. The zero-order chi connectivity index (χ0) is 15.6. The molecular formula is C18H28ClN3O. The van der Waals surface area contributed by atoms with Gasteiger partial charge in [0, 0.05) is 31.9 Å². The van der Waals surface area contributed by atoms with Crippen molar-refractivity contribution < 1.29 is 4.79 Å². The van der Waals surface area contributed by atoms with Gasteiger partial charge in [0.25, 0.3) is 0 Å². The van der Waals surface area contributed by atoms with Crippen LogP contribution in [0.25, 0.3) is 0 Å². The molecule has 0 saturated carbocycles. The molecule has 3 rings (SSSR count). The highest BCUT2D eigenvalue weighted by Gasteiger charge is 2.39. The van der Waals surface area contributed by atoms with Gasteiger partial charge < -0.3 is 15.1 Å². The van der Waals surface area contributed by atoms with Crippen molar-refractivity contribution in [3.05, 3.63) is 30.3 Å². The monoisotopic (exact) mass is 337 g/mol. The summed E-state index contributed by atoms with van der Waals surface area (Å²) in [7, 11) is 0. The summed E-state index contributed by atoms with van der Waals surface area (Å²) in [6.45, 7) is 8.86. The van der Waals surface area contributed by atoms with E-state index >= 15 is 0 Å². The number of carbonyl (C=O) groups is 1. The molecule has 1 amide bonds. The van der Waals surface area contributed by atoms with Gasteiger partial charge in [-0.25, -0.2) is 0 Å². The van der Waals surface area contributed by atoms with E-state index in [2.05, 4.69) is 48.3 Å². The number of piperidine rings is 1. The predicted molar refractivity (Wildman–Crippen MR) is 97.3 cm³/mol. The van der Waals surface area contributed by atoms with E-state index in [1.54, 1.807) is 0 Å². The van der Waals surface area contributed by atoms with Crippen molar-refractivity contribution in [2.75, 3.05) is 37.6 Å². The van der Waals surface area contributed by atoms with E-state index < -0.39 is 0 Å². The molecule has 2 aliphatic rings. The third-order valence-electron chi connectivity index (χ3n) is 5.09. The number of para-hydroxylation sites is 1. The topological polar surface area (TPSA) is 35.6 Å². The van der Waals surface area contributed by atoms with E-state index in [0.717, 1.165) is 39.1 Å². The van der Waals surface area contributed by atoms with Gasteiger partial charge in [-0.05, 0) is 36.9 Å². The summed E-state index contributed by atoms with van der Waals surface area (Å²) in [6.07, 6.45) is 2.29. The summed E-state index contributed by atoms with van der Waals surface area (Å²) in [6, 6.07) is 10.4. The Morgan fingerprint density at radius 1 is 1.13 bits per heavy atom. The summed E-state index contributed by atoms with van der Waals surface area (Å²) in [5.41, 5.74) is 1.32. The zero-order valence-corrected chi connectivity index (χ0v) is 14.9. The summed E-state index contributed by atoms with van der Waals surface area (Å²) in [4.78, 5) is 17.3. The first-order chi connectivity index (χ1) is 10.6. The van der Waals surface area contributed by atoms with Gasteiger partial charge in [0.2, 0.25) is 5.91 Å². The maximum absolute atomic E-state index is 12.9. The molecule has 0 aromatic heterocycles. The minimum atomic E-state index is -0.0236. The van der Waals surface area contributed by atoms with Crippen molar-refractivity contribution in [3.63, 3.8) is 0 Å². The van der Waals surface area contributed by atoms with Gasteiger partial charge in [0.1, 0.15) is 0 Å². The van der Waals surface area contributed by atoms with Gasteiger partial charge in [0.15, 0.2) is 0 Å². The molecule has 0 bridgehead atoms. The van der Waals surface area contributed by atoms with Crippen molar-refractivity contribution in [2.24, 2.45) is 5.41 Å². The smallest absolute Gasteiger partial charge is 0.240 e. The molecule has 1 N–H and O–H groups in total. The van der Waals surface area contributed by atoms with Crippen LogP contribution in [0, 0.1) is 5.41 Å². The molecule has 1 aromatic rings. The Kier molecular flexibility index (Phi) is 5.93. The average Bonchev–Trinajstić information content (AvgIpc) is 2.55. The molecule has 1 aromatic carbocycles. The number of hydrogen-bond acceptors (Lipinski definition) is 3. The molecule has 128 valence electrons. The summed E-state index contributed by atoms with van der Waals surface area (Å²) in [5.74, 6) is 0.289. The lowest BCUT2D eigenvalue weighted by molar-refractivity contribution is -0.137. The standard InChI is InChI=1S/C18H27N3O.ClH/c1-18(2)9-6-10-19-16(18)17(22)21-13-11-20(12-14-21)15-7-4-3-5-8-15;/h3-5,7-8,16,19H,6,9-14H2,1-2H3;1H. The molecule has 23 heavy (non-hydrogen) atoms. The minimum absolute atomic E-state index is 0. The zero-order valence-electron chi connectivity index (χ0n) is 14.1. The normalized spacial score (nSPS) is 24.0. The molecule has 4 nitrogen and oxygen atoms in total. The van der Waals surface area contributed by atoms with Crippen molar-refractivity contribution >= 4 is 24.0 Å². The van der Waals surface area contributed by atoms with Gasteiger partial charge >= 0.3 is 0 Å². The molecule has 2 heterocycles. The molecule has 1 unspecified atom stereocenters. The molecule has 0 aliphatic carbocycles. The predicted octanol–water partition coefficient (Wildman–Crippen LogP) is 2.54.